The highest BCUT2D eigenvalue weighted by Crippen LogP contribution is 2.34. The first kappa shape index (κ1) is 11.2. The molecule has 0 aliphatic heterocycles. The molecule has 3 atom stereocenters. The SMILES string of the molecule is CC(=O)/C=C/[C@H]1[C@@H](C)C=C(C)C[C@@H]1C. The Morgan fingerprint density at radius 1 is 1.50 bits per heavy atom. The van der Waals surface area contributed by atoms with E-state index in [9.17, 15) is 4.79 Å². The minimum Gasteiger partial charge on any atom is -0.295 e. The summed E-state index contributed by atoms with van der Waals surface area (Å²) in [5.74, 6) is 1.90. The zero-order valence-corrected chi connectivity index (χ0v) is 9.58. The molecule has 0 aromatic heterocycles. The molecule has 0 saturated carbocycles. The quantitative estimate of drug-likeness (QED) is 0.484. The van der Waals surface area contributed by atoms with Gasteiger partial charge in [0.05, 0.1) is 0 Å². The monoisotopic (exact) mass is 192 g/mol. The van der Waals surface area contributed by atoms with Crippen LogP contribution < -0.4 is 0 Å². The van der Waals surface area contributed by atoms with Crippen molar-refractivity contribution in [2.75, 3.05) is 0 Å². The molecule has 0 unspecified atom stereocenters. The lowest BCUT2D eigenvalue weighted by molar-refractivity contribution is -0.112. The molecule has 1 aliphatic rings. The molecular weight excluding hydrogens is 172 g/mol. The molecule has 0 heterocycles. The summed E-state index contributed by atoms with van der Waals surface area (Å²) in [4.78, 5) is 10.9. The standard InChI is InChI=1S/C13H20O/c1-9-7-10(2)13(11(3)8-9)6-5-12(4)14/h5-7,10-11,13H,8H2,1-4H3/b6-5+/t10-,11-,13-/m0/s1. The van der Waals surface area contributed by atoms with Gasteiger partial charge in [0.15, 0.2) is 5.78 Å². The van der Waals surface area contributed by atoms with Gasteiger partial charge in [-0.1, -0.05) is 31.6 Å². The predicted octanol–water partition coefficient (Wildman–Crippen LogP) is 3.37. The minimum atomic E-state index is 0.149. The fourth-order valence-electron chi connectivity index (χ4n) is 2.40. The highest BCUT2D eigenvalue weighted by atomic mass is 16.1. The Morgan fingerprint density at radius 2 is 2.14 bits per heavy atom. The number of rotatable bonds is 2. The summed E-state index contributed by atoms with van der Waals surface area (Å²) < 4.78 is 0. The second-order valence-corrected chi connectivity index (χ2v) is 4.60. The topological polar surface area (TPSA) is 17.1 Å². The Labute approximate surface area is 86.9 Å². The third-order valence-electron chi connectivity index (χ3n) is 3.01. The summed E-state index contributed by atoms with van der Waals surface area (Å²) in [6.45, 7) is 8.30. The van der Waals surface area contributed by atoms with Gasteiger partial charge >= 0.3 is 0 Å². The van der Waals surface area contributed by atoms with Crippen LogP contribution in [0.5, 0.6) is 0 Å². The fraction of sp³-hybridized carbons (Fsp3) is 0.615. The van der Waals surface area contributed by atoms with E-state index in [0.29, 0.717) is 17.8 Å². The third-order valence-corrected chi connectivity index (χ3v) is 3.01. The molecule has 0 spiro atoms. The molecule has 1 heteroatoms. The number of ketones is 1. The lowest BCUT2D eigenvalue weighted by atomic mass is 9.75. The minimum absolute atomic E-state index is 0.149. The van der Waals surface area contributed by atoms with E-state index in [1.807, 2.05) is 0 Å². The first-order valence-electron chi connectivity index (χ1n) is 5.36. The van der Waals surface area contributed by atoms with Gasteiger partial charge in [-0.25, -0.2) is 0 Å². The second-order valence-electron chi connectivity index (χ2n) is 4.60. The molecular formula is C13H20O. The molecule has 0 radical (unpaired) electrons. The Hall–Kier alpha value is -0.850. The molecule has 0 bridgehead atoms. The van der Waals surface area contributed by atoms with Crippen molar-refractivity contribution in [3.8, 4) is 0 Å². The van der Waals surface area contributed by atoms with E-state index in [0.717, 1.165) is 6.42 Å². The Kier molecular flexibility index (Phi) is 3.68. The van der Waals surface area contributed by atoms with Gasteiger partial charge in [-0.2, -0.15) is 0 Å². The summed E-state index contributed by atoms with van der Waals surface area (Å²) in [5.41, 5.74) is 1.48. The maximum atomic E-state index is 10.9. The van der Waals surface area contributed by atoms with Crippen LogP contribution in [0, 0.1) is 17.8 Å². The number of carbonyl (C=O) groups excluding carboxylic acids is 1. The van der Waals surface area contributed by atoms with E-state index < -0.39 is 0 Å². The van der Waals surface area contributed by atoms with E-state index in [4.69, 9.17) is 0 Å². The summed E-state index contributed by atoms with van der Waals surface area (Å²) in [5, 5.41) is 0. The van der Waals surface area contributed by atoms with E-state index >= 15 is 0 Å². The van der Waals surface area contributed by atoms with Crippen LogP contribution in [0.15, 0.2) is 23.8 Å². The average Bonchev–Trinajstić information content (AvgIpc) is 2.01. The molecule has 0 fully saturated rings. The molecule has 0 amide bonds. The van der Waals surface area contributed by atoms with Crippen LogP contribution in [0.25, 0.3) is 0 Å². The molecule has 0 aromatic rings. The van der Waals surface area contributed by atoms with Gasteiger partial charge in [0, 0.05) is 0 Å². The van der Waals surface area contributed by atoms with Crippen LogP contribution >= 0.6 is 0 Å². The zero-order valence-electron chi connectivity index (χ0n) is 9.58. The molecule has 1 rings (SSSR count). The van der Waals surface area contributed by atoms with Gasteiger partial charge < -0.3 is 0 Å². The normalized spacial score (nSPS) is 33.1. The van der Waals surface area contributed by atoms with Crippen molar-refractivity contribution < 1.29 is 4.79 Å². The average molecular weight is 192 g/mol. The summed E-state index contributed by atoms with van der Waals surface area (Å²) in [6.07, 6.45) is 7.29. The first-order chi connectivity index (χ1) is 6.50. The number of hydrogen-bond acceptors (Lipinski definition) is 1. The number of allylic oxidation sites excluding steroid dienone is 4. The van der Waals surface area contributed by atoms with Crippen molar-refractivity contribution in [3.63, 3.8) is 0 Å². The molecule has 0 aromatic carbocycles. The lowest BCUT2D eigenvalue weighted by Crippen LogP contribution is -2.21. The maximum Gasteiger partial charge on any atom is 0.152 e. The number of carbonyl (C=O) groups is 1. The highest BCUT2D eigenvalue weighted by molar-refractivity contribution is 5.87. The van der Waals surface area contributed by atoms with Gasteiger partial charge in [0.1, 0.15) is 0 Å². The van der Waals surface area contributed by atoms with E-state index in [2.05, 4.69) is 32.9 Å². The van der Waals surface area contributed by atoms with Gasteiger partial charge in [-0.3, -0.25) is 4.79 Å². The lowest BCUT2D eigenvalue weighted by Gasteiger charge is -2.30. The third kappa shape index (κ3) is 2.83. The van der Waals surface area contributed by atoms with Crippen molar-refractivity contribution in [1.82, 2.24) is 0 Å². The van der Waals surface area contributed by atoms with Crippen molar-refractivity contribution >= 4 is 5.78 Å². The van der Waals surface area contributed by atoms with Crippen LogP contribution in [-0.4, -0.2) is 5.78 Å². The van der Waals surface area contributed by atoms with Crippen molar-refractivity contribution in [2.24, 2.45) is 17.8 Å². The second kappa shape index (κ2) is 4.59. The molecule has 1 nitrogen and oxygen atoms in total. The predicted molar refractivity (Wildman–Crippen MR) is 60.0 cm³/mol. The van der Waals surface area contributed by atoms with Crippen LogP contribution in [0.2, 0.25) is 0 Å². The van der Waals surface area contributed by atoms with Gasteiger partial charge in [-0.15, -0.1) is 0 Å². The Bertz CT molecular complexity index is 273. The summed E-state index contributed by atoms with van der Waals surface area (Å²) in [7, 11) is 0. The van der Waals surface area contributed by atoms with Crippen molar-refractivity contribution in [3.05, 3.63) is 23.8 Å². The van der Waals surface area contributed by atoms with Gasteiger partial charge in [0.2, 0.25) is 0 Å². The molecule has 78 valence electrons. The maximum absolute atomic E-state index is 10.9. The van der Waals surface area contributed by atoms with E-state index in [-0.39, 0.29) is 5.78 Å². The van der Waals surface area contributed by atoms with Gasteiger partial charge in [0.25, 0.3) is 0 Å². The van der Waals surface area contributed by atoms with Gasteiger partial charge in [-0.05, 0) is 44.1 Å². The fourth-order valence-corrected chi connectivity index (χ4v) is 2.40. The van der Waals surface area contributed by atoms with Crippen molar-refractivity contribution in [2.45, 2.75) is 34.1 Å². The molecule has 1 aliphatic carbocycles. The largest absolute Gasteiger partial charge is 0.295 e. The van der Waals surface area contributed by atoms with Crippen LogP contribution in [0.1, 0.15) is 34.1 Å². The number of hydrogen-bond donors (Lipinski definition) is 0. The molecule has 14 heavy (non-hydrogen) atoms. The van der Waals surface area contributed by atoms with Crippen molar-refractivity contribution in [1.29, 1.82) is 0 Å². The smallest absolute Gasteiger partial charge is 0.152 e. The van der Waals surface area contributed by atoms with Crippen LogP contribution in [0.4, 0.5) is 0 Å². The van der Waals surface area contributed by atoms with E-state index in [1.165, 1.54) is 5.57 Å². The molecule has 0 N–H and O–H groups in total. The zero-order chi connectivity index (χ0) is 10.7. The first-order valence-corrected chi connectivity index (χ1v) is 5.36. The Morgan fingerprint density at radius 3 is 2.64 bits per heavy atom. The summed E-state index contributed by atoms with van der Waals surface area (Å²) >= 11 is 0. The van der Waals surface area contributed by atoms with Crippen LogP contribution in [0.3, 0.4) is 0 Å². The highest BCUT2D eigenvalue weighted by Gasteiger charge is 2.24. The molecule has 0 saturated heterocycles. The van der Waals surface area contributed by atoms with Crippen LogP contribution in [-0.2, 0) is 4.79 Å². The summed E-state index contributed by atoms with van der Waals surface area (Å²) in [6, 6.07) is 0. The Balaban J connectivity index is 2.74. The van der Waals surface area contributed by atoms with E-state index in [1.54, 1.807) is 13.0 Å².